The van der Waals surface area contributed by atoms with Crippen LogP contribution in [0.1, 0.15) is 11.5 Å². The molecule has 0 atom stereocenters. The van der Waals surface area contributed by atoms with E-state index >= 15 is 0 Å². The Morgan fingerprint density at radius 3 is 2.86 bits per heavy atom. The molecule has 13 heteroatoms. The molecule has 1 aromatic carbocycles. The van der Waals surface area contributed by atoms with E-state index in [-0.39, 0.29) is 11.8 Å². The summed E-state index contributed by atoms with van der Waals surface area (Å²) in [6.07, 6.45) is 0.912. The number of thiazole rings is 1. The number of aromatic nitrogens is 1. The Hall–Kier alpha value is -3.55. The number of rotatable bonds is 13. The van der Waals surface area contributed by atoms with Gasteiger partial charge in [0.25, 0.3) is 6.20 Å². The molecule has 0 aliphatic heterocycles. The zero-order chi connectivity index (χ0) is 25.2. The molecule has 0 unspecified atom stereocenters. The molecule has 0 saturated carbocycles. The molecule has 0 bridgehead atoms. The van der Waals surface area contributed by atoms with E-state index in [4.69, 9.17) is 15.6 Å². The van der Waals surface area contributed by atoms with Gasteiger partial charge in [0.15, 0.2) is 16.9 Å². The molecule has 186 valence electrons. The number of nitro groups is 1. The van der Waals surface area contributed by atoms with Crippen molar-refractivity contribution in [1.82, 2.24) is 15.2 Å². The number of nitrogens with one attached hydrogen (secondary N) is 4. The fourth-order valence-electron chi connectivity index (χ4n) is 3.05. The topological polar surface area (TPSA) is 158 Å². The van der Waals surface area contributed by atoms with Gasteiger partial charge in [-0.25, -0.2) is 4.98 Å². The van der Waals surface area contributed by atoms with Gasteiger partial charge in [0, 0.05) is 28.9 Å². The van der Waals surface area contributed by atoms with Crippen molar-refractivity contribution in [2.75, 3.05) is 37.0 Å². The standard InChI is InChI=1S/C22H28N8O3S2/c1-29(2)11-17-6-7-18(33-17)13-34-9-8-25-20(12-30(31)32)26-16-5-3-4-15(10-16)19-14-35-22(27-19)28-21(23)24/h3-7,10,12,14,25-26H,8-9,11,13H2,1-2H3,(H4,23,24,27,28). The fraction of sp³-hybridized carbons (Fsp3) is 0.273. The van der Waals surface area contributed by atoms with Crippen LogP contribution in [0.25, 0.3) is 11.3 Å². The molecule has 2 aromatic heterocycles. The second-order valence-electron chi connectivity index (χ2n) is 7.70. The van der Waals surface area contributed by atoms with Gasteiger partial charge in [-0.05, 0) is 38.4 Å². The lowest BCUT2D eigenvalue weighted by atomic mass is 10.1. The Balaban J connectivity index is 1.53. The first kappa shape index (κ1) is 26.1. The van der Waals surface area contributed by atoms with Crippen LogP contribution in [0.4, 0.5) is 10.8 Å². The molecular formula is C22H28N8O3S2. The maximum atomic E-state index is 11.1. The average Bonchev–Trinajstić information content (AvgIpc) is 3.42. The van der Waals surface area contributed by atoms with E-state index in [0.717, 1.165) is 41.3 Å². The number of thioether (sulfide) groups is 1. The van der Waals surface area contributed by atoms with Gasteiger partial charge < -0.3 is 31.0 Å². The second kappa shape index (κ2) is 12.8. The first-order valence-electron chi connectivity index (χ1n) is 10.6. The summed E-state index contributed by atoms with van der Waals surface area (Å²) in [4.78, 5) is 17.1. The molecule has 6 N–H and O–H groups in total. The highest BCUT2D eigenvalue weighted by Crippen LogP contribution is 2.27. The van der Waals surface area contributed by atoms with Crippen molar-refractivity contribution in [3.05, 3.63) is 75.4 Å². The Bertz CT molecular complexity index is 1170. The van der Waals surface area contributed by atoms with Crippen molar-refractivity contribution in [3.8, 4) is 11.3 Å². The minimum atomic E-state index is -0.498. The molecule has 11 nitrogen and oxygen atoms in total. The number of furan rings is 1. The van der Waals surface area contributed by atoms with Crippen LogP contribution < -0.4 is 21.7 Å². The molecule has 0 spiro atoms. The third-order valence-electron chi connectivity index (χ3n) is 4.41. The minimum Gasteiger partial charge on any atom is -0.464 e. The van der Waals surface area contributed by atoms with E-state index in [9.17, 15) is 10.1 Å². The van der Waals surface area contributed by atoms with Gasteiger partial charge in [-0.3, -0.25) is 15.5 Å². The zero-order valence-electron chi connectivity index (χ0n) is 19.4. The molecule has 0 amide bonds. The van der Waals surface area contributed by atoms with Gasteiger partial charge in [0.2, 0.25) is 0 Å². The lowest BCUT2D eigenvalue weighted by Gasteiger charge is -2.12. The van der Waals surface area contributed by atoms with Gasteiger partial charge in [0.05, 0.1) is 22.9 Å². The van der Waals surface area contributed by atoms with Crippen molar-refractivity contribution < 1.29 is 9.34 Å². The fourth-order valence-corrected chi connectivity index (χ4v) is 4.52. The third-order valence-corrected chi connectivity index (χ3v) is 6.15. The smallest absolute Gasteiger partial charge is 0.274 e. The van der Waals surface area contributed by atoms with E-state index < -0.39 is 4.92 Å². The first-order valence-corrected chi connectivity index (χ1v) is 12.6. The molecule has 3 aromatic rings. The summed E-state index contributed by atoms with van der Waals surface area (Å²) in [5.41, 5.74) is 7.56. The van der Waals surface area contributed by atoms with E-state index in [0.29, 0.717) is 23.1 Å². The highest BCUT2D eigenvalue weighted by atomic mass is 32.2. The van der Waals surface area contributed by atoms with Crippen LogP contribution in [0.2, 0.25) is 0 Å². The minimum absolute atomic E-state index is 0.182. The lowest BCUT2D eigenvalue weighted by Crippen LogP contribution is -2.23. The molecule has 0 saturated heterocycles. The normalized spacial score (nSPS) is 11.5. The lowest BCUT2D eigenvalue weighted by molar-refractivity contribution is -0.403. The molecule has 2 heterocycles. The summed E-state index contributed by atoms with van der Waals surface area (Å²) in [5.74, 6) is 3.41. The molecule has 3 rings (SSSR count). The predicted octanol–water partition coefficient (Wildman–Crippen LogP) is 3.78. The molecular weight excluding hydrogens is 488 g/mol. The first-order chi connectivity index (χ1) is 16.8. The van der Waals surface area contributed by atoms with Gasteiger partial charge in [-0.2, -0.15) is 11.8 Å². The molecule has 0 aliphatic rings. The Kier molecular flexibility index (Phi) is 9.52. The Morgan fingerprint density at radius 1 is 1.31 bits per heavy atom. The van der Waals surface area contributed by atoms with Gasteiger partial charge in [-0.15, -0.1) is 11.3 Å². The highest BCUT2D eigenvalue weighted by molar-refractivity contribution is 7.98. The SMILES string of the molecule is CN(C)Cc1ccc(CSCCNC(=C[N+](=O)[O-])Nc2cccc(-c3csc(NC(=N)N)n3)c2)o1. The summed E-state index contributed by atoms with van der Waals surface area (Å²) in [6.45, 7) is 1.29. The maximum Gasteiger partial charge on any atom is 0.274 e. The number of nitrogens with two attached hydrogens (primary N) is 1. The number of hydrogen-bond donors (Lipinski definition) is 5. The monoisotopic (exact) mass is 516 g/mol. The maximum absolute atomic E-state index is 11.1. The van der Waals surface area contributed by atoms with Crippen LogP contribution in [0.3, 0.4) is 0 Å². The van der Waals surface area contributed by atoms with Crippen LogP contribution in [0.5, 0.6) is 0 Å². The number of hydrogen-bond acceptors (Lipinski definition) is 10. The van der Waals surface area contributed by atoms with Gasteiger partial charge in [0.1, 0.15) is 11.5 Å². The van der Waals surface area contributed by atoms with Crippen molar-refractivity contribution >= 4 is 39.9 Å². The highest BCUT2D eigenvalue weighted by Gasteiger charge is 2.09. The molecule has 0 radical (unpaired) electrons. The van der Waals surface area contributed by atoms with Crippen LogP contribution in [-0.4, -0.2) is 47.2 Å². The number of guanidine groups is 1. The van der Waals surface area contributed by atoms with Crippen molar-refractivity contribution in [3.63, 3.8) is 0 Å². The molecule has 0 fully saturated rings. The van der Waals surface area contributed by atoms with E-state index in [2.05, 4.69) is 20.9 Å². The quantitative estimate of drug-likeness (QED) is 0.0744. The summed E-state index contributed by atoms with van der Waals surface area (Å²) in [5, 5.41) is 29.6. The van der Waals surface area contributed by atoms with Crippen LogP contribution in [0, 0.1) is 15.5 Å². The summed E-state index contributed by atoms with van der Waals surface area (Å²) >= 11 is 3.01. The summed E-state index contributed by atoms with van der Waals surface area (Å²) < 4.78 is 5.80. The average molecular weight is 517 g/mol. The largest absolute Gasteiger partial charge is 0.464 e. The number of benzene rings is 1. The van der Waals surface area contributed by atoms with Crippen LogP contribution in [-0.2, 0) is 12.3 Å². The molecule has 0 aliphatic carbocycles. The zero-order valence-corrected chi connectivity index (χ0v) is 21.0. The summed E-state index contributed by atoms with van der Waals surface area (Å²) in [6, 6.07) is 11.3. The number of nitrogens with zero attached hydrogens (tertiary/aromatic N) is 3. The van der Waals surface area contributed by atoms with E-state index in [1.165, 1.54) is 11.3 Å². The second-order valence-corrected chi connectivity index (χ2v) is 9.66. The molecule has 35 heavy (non-hydrogen) atoms. The summed E-state index contributed by atoms with van der Waals surface area (Å²) in [7, 11) is 3.98. The van der Waals surface area contributed by atoms with Crippen LogP contribution in [0.15, 0.2) is 58.2 Å². The Morgan fingerprint density at radius 2 is 2.11 bits per heavy atom. The van der Waals surface area contributed by atoms with Crippen LogP contribution >= 0.6 is 23.1 Å². The third kappa shape index (κ3) is 8.96. The van der Waals surface area contributed by atoms with Crippen molar-refractivity contribution in [2.45, 2.75) is 12.3 Å². The Labute approximate surface area is 211 Å². The number of anilines is 2. The van der Waals surface area contributed by atoms with Crippen molar-refractivity contribution in [1.29, 1.82) is 5.41 Å². The predicted molar refractivity (Wildman–Crippen MR) is 142 cm³/mol. The van der Waals surface area contributed by atoms with E-state index in [1.807, 2.05) is 60.8 Å². The van der Waals surface area contributed by atoms with Crippen molar-refractivity contribution in [2.24, 2.45) is 5.73 Å². The van der Waals surface area contributed by atoms with E-state index in [1.54, 1.807) is 11.8 Å². The van der Waals surface area contributed by atoms with Gasteiger partial charge in [-0.1, -0.05) is 12.1 Å². The van der Waals surface area contributed by atoms with Gasteiger partial charge >= 0.3 is 0 Å².